The molecule has 0 unspecified atom stereocenters. The summed E-state index contributed by atoms with van der Waals surface area (Å²) in [7, 11) is 0. The first kappa shape index (κ1) is 12.8. The topological polar surface area (TPSA) is 55.9 Å². The molecule has 0 aliphatic heterocycles. The van der Waals surface area contributed by atoms with Crippen LogP contribution in [0.25, 0.3) is 11.5 Å². The summed E-state index contributed by atoms with van der Waals surface area (Å²) in [6, 6.07) is 2.08. The second-order valence-electron chi connectivity index (χ2n) is 4.10. The Labute approximate surface area is 107 Å². The summed E-state index contributed by atoms with van der Waals surface area (Å²) in [6.07, 6.45) is 2.43. The third-order valence-corrected chi connectivity index (χ3v) is 2.91. The van der Waals surface area contributed by atoms with Crippen molar-refractivity contribution < 1.29 is 4.42 Å². The third kappa shape index (κ3) is 2.46. The molecule has 0 fully saturated rings. The van der Waals surface area contributed by atoms with Gasteiger partial charge >= 0.3 is 0 Å². The normalized spacial score (nSPS) is 11.1. The van der Waals surface area contributed by atoms with Gasteiger partial charge in [-0.15, -0.1) is 0 Å². The number of aryl methyl sites for hydroxylation is 2. The Hall–Kier alpha value is -1.62. The van der Waals surface area contributed by atoms with E-state index in [-0.39, 0.29) is 0 Å². The molecule has 2 rings (SSSR count). The van der Waals surface area contributed by atoms with Crippen LogP contribution in [-0.4, -0.2) is 21.3 Å². The molecule has 0 atom stereocenters. The molecule has 0 aromatic carbocycles. The summed E-state index contributed by atoms with van der Waals surface area (Å²) >= 11 is 0. The molecule has 5 heteroatoms. The molecule has 0 aliphatic carbocycles. The highest BCUT2D eigenvalue weighted by Crippen LogP contribution is 2.24. The highest BCUT2D eigenvalue weighted by atomic mass is 16.3. The predicted molar refractivity (Wildman–Crippen MR) is 70.2 cm³/mol. The minimum atomic E-state index is 0.721. The van der Waals surface area contributed by atoms with Gasteiger partial charge in [0.15, 0.2) is 12.2 Å². The minimum absolute atomic E-state index is 0.721. The van der Waals surface area contributed by atoms with Gasteiger partial charge < -0.3 is 9.73 Å². The zero-order valence-corrected chi connectivity index (χ0v) is 11.2. The number of nitrogens with zero attached hydrogens (tertiary/aromatic N) is 3. The zero-order valence-electron chi connectivity index (χ0n) is 11.2. The van der Waals surface area contributed by atoms with E-state index in [1.807, 2.05) is 4.68 Å². The lowest BCUT2D eigenvalue weighted by atomic mass is 10.2. The second-order valence-corrected chi connectivity index (χ2v) is 4.10. The maximum Gasteiger partial charge on any atom is 0.181 e. The smallest absolute Gasteiger partial charge is 0.181 e. The lowest BCUT2D eigenvalue weighted by Crippen LogP contribution is -2.13. The summed E-state index contributed by atoms with van der Waals surface area (Å²) in [5.74, 6) is 0.824. The summed E-state index contributed by atoms with van der Waals surface area (Å²) in [4.78, 5) is 4.27. The SMILES string of the molecule is CCNCc1ncoc1-c1cc(CC)nn1CC. The Bertz CT molecular complexity index is 501. The van der Waals surface area contributed by atoms with Gasteiger partial charge in [-0.25, -0.2) is 4.98 Å². The van der Waals surface area contributed by atoms with Gasteiger partial charge in [-0.2, -0.15) is 5.10 Å². The van der Waals surface area contributed by atoms with Crippen molar-refractivity contribution in [3.63, 3.8) is 0 Å². The fraction of sp³-hybridized carbons (Fsp3) is 0.538. The number of rotatable bonds is 6. The van der Waals surface area contributed by atoms with E-state index in [0.29, 0.717) is 0 Å². The molecule has 0 radical (unpaired) electrons. The Morgan fingerprint density at radius 3 is 2.83 bits per heavy atom. The number of oxazole rings is 1. The molecule has 0 amide bonds. The van der Waals surface area contributed by atoms with E-state index in [1.165, 1.54) is 6.39 Å². The van der Waals surface area contributed by atoms with Gasteiger partial charge in [-0.3, -0.25) is 4.68 Å². The van der Waals surface area contributed by atoms with E-state index in [2.05, 4.69) is 42.2 Å². The van der Waals surface area contributed by atoms with Crippen LogP contribution in [0.4, 0.5) is 0 Å². The Morgan fingerprint density at radius 2 is 2.17 bits per heavy atom. The van der Waals surface area contributed by atoms with Crippen LogP contribution in [0.5, 0.6) is 0 Å². The van der Waals surface area contributed by atoms with E-state index < -0.39 is 0 Å². The molecular formula is C13H20N4O. The Balaban J connectivity index is 2.35. The molecule has 0 spiro atoms. The Morgan fingerprint density at radius 1 is 1.33 bits per heavy atom. The molecule has 0 bridgehead atoms. The summed E-state index contributed by atoms with van der Waals surface area (Å²) in [6.45, 7) is 8.72. The molecule has 2 heterocycles. The lowest BCUT2D eigenvalue weighted by molar-refractivity contribution is 0.554. The van der Waals surface area contributed by atoms with Crippen LogP contribution in [0.3, 0.4) is 0 Å². The van der Waals surface area contributed by atoms with Gasteiger partial charge in [0.25, 0.3) is 0 Å². The predicted octanol–water partition coefficient (Wildman–Crippen LogP) is 2.23. The second kappa shape index (κ2) is 5.82. The molecule has 0 aliphatic rings. The van der Waals surface area contributed by atoms with Crippen molar-refractivity contribution in [1.29, 1.82) is 0 Å². The first-order valence-electron chi connectivity index (χ1n) is 6.50. The highest BCUT2D eigenvalue weighted by Gasteiger charge is 2.16. The van der Waals surface area contributed by atoms with Crippen LogP contribution < -0.4 is 5.32 Å². The third-order valence-electron chi connectivity index (χ3n) is 2.91. The molecule has 0 saturated heterocycles. The molecule has 5 nitrogen and oxygen atoms in total. The maximum absolute atomic E-state index is 5.54. The fourth-order valence-electron chi connectivity index (χ4n) is 1.91. The van der Waals surface area contributed by atoms with Crippen LogP contribution >= 0.6 is 0 Å². The van der Waals surface area contributed by atoms with Gasteiger partial charge in [0.05, 0.1) is 5.69 Å². The molecule has 2 aromatic heterocycles. The summed E-state index contributed by atoms with van der Waals surface area (Å²) in [5.41, 5.74) is 3.03. The standard InChI is InChI=1S/C13H20N4O/c1-4-10-7-12(17(6-3)16-10)13-11(8-14-5-2)15-9-18-13/h7,9,14H,4-6,8H2,1-3H3. The number of hydrogen-bond donors (Lipinski definition) is 1. The van der Waals surface area contributed by atoms with Gasteiger partial charge in [-0.1, -0.05) is 13.8 Å². The molecule has 0 saturated carbocycles. The maximum atomic E-state index is 5.54. The Kier molecular flexibility index (Phi) is 4.15. The average molecular weight is 248 g/mol. The largest absolute Gasteiger partial charge is 0.442 e. The van der Waals surface area contributed by atoms with E-state index in [1.54, 1.807) is 0 Å². The van der Waals surface area contributed by atoms with Crippen molar-refractivity contribution in [3.05, 3.63) is 23.8 Å². The van der Waals surface area contributed by atoms with Crippen molar-refractivity contribution in [2.45, 2.75) is 40.3 Å². The zero-order chi connectivity index (χ0) is 13.0. The van der Waals surface area contributed by atoms with E-state index in [4.69, 9.17) is 4.42 Å². The van der Waals surface area contributed by atoms with E-state index in [9.17, 15) is 0 Å². The van der Waals surface area contributed by atoms with Crippen molar-refractivity contribution in [2.75, 3.05) is 6.54 Å². The fourth-order valence-corrected chi connectivity index (χ4v) is 1.91. The first-order chi connectivity index (χ1) is 8.80. The molecule has 18 heavy (non-hydrogen) atoms. The van der Waals surface area contributed by atoms with E-state index in [0.717, 1.165) is 48.9 Å². The van der Waals surface area contributed by atoms with Crippen molar-refractivity contribution in [2.24, 2.45) is 0 Å². The van der Waals surface area contributed by atoms with Gasteiger partial charge in [0.1, 0.15) is 11.4 Å². The number of nitrogens with one attached hydrogen (secondary N) is 1. The van der Waals surface area contributed by atoms with Gasteiger partial charge in [-0.05, 0) is 26.0 Å². The highest BCUT2D eigenvalue weighted by molar-refractivity contribution is 5.56. The van der Waals surface area contributed by atoms with Gasteiger partial charge in [0, 0.05) is 13.1 Å². The van der Waals surface area contributed by atoms with Crippen LogP contribution in [-0.2, 0) is 19.5 Å². The first-order valence-corrected chi connectivity index (χ1v) is 6.50. The van der Waals surface area contributed by atoms with Crippen molar-refractivity contribution >= 4 is 0 Å². The van der Waals surface area contributed by atoms with Crippen molar-refractivity contribution in [1.82, 2.24) is 20.1 Å². The molecule has 1 N–H and O–H groups in total. The van der Waals surface area contributed by atoms with Crippen LogP contribution in [0.1, 0.15) is 32.2 Å². The summed E-state index contributed by atoms with van der Waals surface area (Å²) < 4.78 is 7.50. The van der Waals surface area contributed by atoms with Crippen LogP contribution in [0, 0.1) is 0 Å². The molecule has 2 aromatic rings. The molecular weight excluding hydrogens is 228 g/mol. The lowest BCUT2D eigenvalue weighted by Gasteiger charge is -2.04. The number of aromatic nitrogens is 3. The summed E-state index contributed by atoms with van der Waals surface area (Å²) in [5, 5.41) is 7.80. The molecule has 98 valence electrons. The van der Waals surface area contributed by atoms with Crippen LogP contribution in [0.15, 0.2) is 16.9 Å². The number of hydrogen-bond acceptors (Lipinski definition) is 4. The van der Waals surface area contributed by atoms with Gasteiger partial charge in [0.2, 0.25) is 0 Å². The van der Waals surface area contributed by atoms with E-state index >= 15 is 0 Å². The average Bonchev–Trinajstić information content (AvgIpc) is 3.01. The monoisotopic (exact) mass is 248 g/mol. The minimum Gasteiger partial charge on any atom is -0.442 e. The quantitative estimate of drug-likeness (QED) is 0.851. The van der Waals surface area contributed by atoms with Crippen molar-refractivity contribution in [3.8, 4) is 11.5 Å². The van der Waals surface area contributed by atoms with Crippen LogP contribution in [0.2, 0.25) is 0 Å².